The quantitative estimate of drug-likeness (QED) is 0.450. The van der Waals surface area contributed by atoms with Crippen LogP contribution in [0.5, 0.6) is 0 Å². The number of nitrogens with zero attached hydrogens (tertiary/aromatic N) is 4. The van der Waals surface area contributed by atoms with E-state index in [1.54, 1.807) is 0 Å². The van der Waals surface area contributed by atoms with Gasteiger partial charge in [-0.25, -0.2) is 4.99 Å². The van der Waals surface area contributed by atoms with Crippen LogP contribution in [0.2, 0.25) is 0 Å². The van der Waals surface area contributed by atoms with E-state index < -0.39 is 0 Å². The predicted octanol–water partition coefficient (Wildman–Crippen LogP) is 1.47. The Bertz CT molecular complexity index is 437. The predicted molar refractivity (Wildman–Crippen MR) is 80.7 cm³/mol. The van der Waals surface area contributed by atoms with E-state index in [1.165, 1.54) is 25.7 Å². The number of hydrogen-bond acceptors (Lipinski definition) is 3. The van der Waals surface area contributed by atoms with Crippen molar-refractivity contribution >= 4 is 5.96 Å². The van der Waals surface area contributed by atoms with Crippen LogP contribution in [0.15, 0.2) is 4.99 Å². The number of hydrogen-bond donors (Lipinski definition) is 2. The van der Waals surface area contributed by atoms with Gasteiger partial charge in [-0.2, -0.15) is 0 Å². The van der Waals surface area contributed by atoms with Crippen LogP contribution in [-0.4, -0.2) is 33.8 Å². The molecule has 1 aromatic heterocycles. The zero-order valence-corrected chi connectivity index (χ0v) is 12.7. The van der Waals surface area contributed by atoms with E-state index in [2.05, 4.69) is 44.2 Å². The van der Waals surface area contributed by atoms with Gasteiger partial charge in [0.1, 0.15) is 12.4 Å². The summed E-state index contributed by atoms with van der Waals surface area (Å²) in [5.74, 6) is 2.96. The zero-order chi connectivity index (χ0) is 14.2. The fourth-order valence-electron chi connectivity index (χ4n) is 2.40. The first-order chi connectivity index (χ1) is 9.85. The number of nitrogens with one attached hydrogen (secondary N) is 2. The van der Waals surface area contributed by atoms with E-state index in [9.17, 15) is 0 Å². The molecule has 0 radical (unpaired) electrons. The lowest BCUT2D eigenvalue weighted by Crippen LogP contribution is -2.37. The largest absolute Gasteiger partial charge is 0.357 e. The molecule has 0 unspecified atom stereocenters. The van der Waals surface area contributed by atoms with Gasteiger partial charge in [0, 0.05) is 26.1 Å². The SMILES string of the molecule is CCCCCNC(=NCc1nnc2n1CCC2)NCC. The molecule has 1 aromatic rings. The molecular formula is C14H26N6. The standard InChI is InChI=1S/C14H26N6/c1-3-5-6-9-16-14(15-4-2)17-11-13-19-18-12-8-7-10-20(12)13/h3-11H2,1-2H3,(H2,15,16,17). The third-order valence-electron chi connectivity index (χ3n) is 3.48. The molecular weight excluding hydrogens is 252 g/mol. The van der Waals surface area contributed by atoms with Gasteiger partial charge in [-0.15, -0.1) is 10.2 Å². The average molecular weight is 278 g/mol. The molecule has 0 amide bonds. The van der Waals surface area contributed by atoms with Gasteiger partial charge < -0.3 is 15.2 Å². The van der Waals surface area contributed by atoms with Crippen LogP contribution in [0.4, 0.5) is 0 Å². The average Bonchev–Trinajstić information content (AvgIpc) is 3.04. The maximum Gasteiger partial charge on any atom is 0.191 e. The van der Waals surface area contributed by atoms with Crippen LogP contribution >= 0.6 is 0 Å². The Morgan fingerprint density at radius 1 is 1.25 bits per heavy atom. The van der Waals surface area contributed by atoms with Gasteiger partial charge >= 0.3 is 0 Å². The Balaban J connectivity index is 1.87. The number of aryl methyl sites for hydroxylation is 1. The van der Waals surface area contributed by atoms with E-state index in [0.29, 0.717) is 6.54 Å². The van der Waals surface area contributed by atoms with Gasteiger partial charge in [-0.3, -0.25) is 0 Å². The molecule has 6 heteroatoms. The number of guanidine groups is 1. The molecule has 0 saturated carbocycles. The molecule has 2 N–H and O–H groups in total. The Morgan fingerprint density at radius 3 is 2.95 bits per heavy atom. The first-order valence-corrected chi connectivity index (χ1v) is 7.78. The molecule has 0 bridgehead atoms. The van der Waals surface area contributed by atoms with Gasteiger partial charge in [-0.1, -0.05) is 19.8 Å². The maximum absolute atomic E-state index is 4.60. The topological polar surface area (TPSA) is 67.1 Å². The van der Waals surface area contributed by atoms with Crippen LogP contribution < -0.4 is 10.6 Å². The Kier molecular flexibility index (Phi) is 5.83. The highest BCUT2D eigenvalue weighted by atomic mass is 15.3. The summed E-state index contributed by atoms with van der Waals surface area (Å²) < 4.78 is 2.20. The molecule has 6 nitrogen and oxygen atoms in total. The van der Waals surface area contributed by atoms with E-state index in [4.69, 9.17) is 0 Å². The highest BCUT2D eigenvalue weighted by Crippen LogP contribution is 2.14. The first kappa shape index (κ1) is 14.8. The number of unbranched alkanes of at least 4 members (excludes halogenated alkanes) is 2. The molecule has 0 saturated heterocycles. The third kappa shape index (κ3) is 3.95. The Labute approximate surface area is 121 Å². The number of fused-ring (bicyclic) bond motifs is 1. The summed E-state index contributed by atoms with van der Waals surface area (Å²) in [4.78, 5) is 4.60. The van der Waals surface area contributed by atoms with Crippen molar-refractivity contribution in [1.82, 2.24) is 25.4 Å². The fourth-order valence-corrected chi connectivity index (χ4v) is 2.40. The van der Waals surface area contributed by atoms with Crippen LogP contribution in [0.3, 0.4) is 0 Å². The molecule has 0 aliphatic carbocycles. The summed E-state index contributed by atoms with van der Waals surface area (Å²) in [6.07, 6.45) is 5.90. The normalized spacial score (nSPS) is 14.4. The molecule has 0 fully saturated rings. The van der Waals surface area contributed by atoms with Gasteiger partial charge in [0.2, 0.25) is 0 Å². The van der Waals surface area contributed by atoms with Gasteiger partial charge in [0.05, 0.1) is 0 Å². The lowest BCUT2D eigenvalue weighted by Gasteiger charge is -2.10. The zero-order valence-electron chi connectivity index (χ0n) is 12.7. The van der Waals surface area contributed by atoms with E-state index >= 15 is 0 Å². The van der Waals surface area contributed by atoms with Crippen LogP contribution in [0, 0.1) is 0 Å². The third-order valence-corrected chi connectivity index (χ3v) is 3.48. The van der Waals surface area contributed by atoms with Crippen molar-refractivity contribution in [2.24, 2.45) is 4.99 Å². The summed E-state index contributed by atoms with van der Waals surface area (Å²) in [6, 6.07) is 0. The van der Waals surface area contributed by atoms with Crippen molar-refractivity contribution in [3.63, 3.8) is 0 Å². The van der Waals surface area contributed by atoms with Crippen LogP contribution in [-0.2, 0) is 19.5 Å². The second-order valence-electron chi connectivity index (χ2n) is 5.12. The summed E-state index contributed by atoms with van der Waals surface area (Å²) in [7, 11) is 0. The fraction of sp³-hybridized carbons (Fsp3) is 0.786. The van der Waals surface area contributed by atoms with Crippen molar-refractivity contribution in [3.8, 4) is 0 Å². The monoisotopic (exact) mass is 278 g/mol. The molecule has 2 heterocycles. The molecule has 1 aliphatic rings. The number of aromatic nitrogens is 3. The smallest absolute Gasteiger partial charge is 0.191 e. The molecule has 0 aromatic carbocycles. The van der Waals surface area contributed by atoms with E-state index in [1.807, 2.05) is 0 Å². The van der Waals surface area contributed by atoms with Crippen molar-refractivity contribution in [1.29, 1.82) is 0 Å². The van der Waals surface area contributed by atoms with Crippen molar-refractivity contribution in [3.05, 3.63) is 11.6 Å². The molecule has 2 rings (SSSR count). The van der Waals surface area contributed by atoms with E-state index in [0.717, 1.165) is 43.7 Å². The van der Waals surface area contributed by atoms with Gasteiger partial charge in [0.15, 0.2) is 11.8 Å². The first-order valence-electron chi connectivity index (χ1n) is 7.78. The summed E-state index contributed by atoms with van der Waals surface area (Å²) in [5, 5.41) is 15.1. The Hall–Kier alpha value is -1.59. The minimum atomic E-state index is 0.593. The number of rotatable bonds is 7. The molecule has 0 spiro atoms. The highest BCUT2D eigenvalue weighted by molar-refractivity contribution is 5.79. The van der Waals surface area contributed by atoms with E-state index in [-0.39, 0.29) is 0 Å². The van der Waals surface area contributed by atoms with Crippen molar-refractivity contribution in [2.75, 3.05) is 13.1 Å². The second-order valence-corrected chi connectivity index (χ2v) is 5.12. The lowest BCUT2D eigenvalue weighted by molar-refractivity contribution is 0.671. The van der Waals surface area contributed by atoms with Gasteiger partial charge in [-0.05, 0) is 19.8 Å². The molecule has 1 aliphatic heterocycles. The summed E-state index contributed by atoms with van der Waals surface area (Å²) in [6.45, 7) is 7.77. The molecule has 20 heavy (non-hydrogen) atoms. The minimum Gasteiger partial charge on any atom is -0.357 e. The second kappa shape index (κ2) is 7.87. The summed E-state index contributed by atoms with van der Waals surface area (Å²) >= 11 is 0. The number of aliphatic imine (C=N–C) groups is 1. The summed E-state index contributed by atoms with van der Waals surface area (Å²) in [5.41, 5.74) is 0. The Morgan fingerprint density at radius 2 is 2.15 bits per heavy atom. The van der Waals surface area contributed by atoms with Gasteiger partial charge in [0.25, 0.3) is 0 Å². The molecule has 0 atom stereocenters. The van der Waals surface area contributed by atoms with Crippen LogP contribution in [0.1, 0.15) is 51.2 Å². The minimum absolute atomic E-state index is 0.593. The van der Waals surface area contributed by atoms with Crippen molar-refractivity contribution < 1.29 is 0 Å². The highest BCUT2D eigenvalue weighted by Gasteiger charge is 2.16. The molecule has 112 valence electrons. The lowest BCUT2D eigenvalue weighted by atomic mass is 10.2. The van der Waals surface area contributed by atoms with Crippen LogP contribution in [0.25, 0.3) is 0 Å². The van der Waals surface area contributed by atoms with Crippen molar-refractivity contribution in [2.45, 2.75) is 59.0 Å². The maximum atomic E-state index is 4.60.